The molecule has 1 N–H and O–H groups in total. The largest absolute Gasteiger partial charge is 0.504 e. The first-order valence-electron chi connectivity index (χ1n) is 19.4. The van der Waals surface area contributed by atoms with Crippen molar-refractivity contribution in [3.8, 4) is 23.0 Å². The first-order chi connectivity index (χ1) is 28.2. The number of phenols is 1. The number of hydrogen-bond donors (Lipinski definition) is 1. The van der Waals surface area contributed by atoms with E-state index in [4.69, 9.17) is 20.8 Å². The summed E-state index contributed by atoms with van der Waals surface area (Å²) in [7, 11) is 0. The van der Waals surface area contributed by atoms with Crippen molar-refractivity contribution < 1.29 is 33.4 Å². The Bertz CT molecular complexity index is 2680. The number of amides is 4. The molecule has 4 amide bonds. The summed E-state index contributed by atoms with van der Waals surface area (Å²) in [6, 6.07) is 35.5. The van der Waals surface area contributed by atoms with Crippen molar-refractivity contribution in [1.29, 1.82) is 0 Å². The first kappa shape index (κ1) is 35.9. The van der Waals surface area contributed by atoms with Gasteiger partial charge in [0.25, 0.3) is 0 Å². The number of nitrogens with zero attached hydrogens (tertiary/aromatic N) is 3. The highest BCUT2D eigenvalue weighted by Gasteiger charge is 2.70. The Kier molecular flexibility index (Phi) is 8.38. The summed E-state index contributed by atoms with van der Waals surface area (Å²) in [6.07, 6.45) is 2.43. The van der Waals surface area contributed by atoms with E-state index in [1.165, 1.54) is 15.9 Å². The van der Waals surface area contributed by atoms with Crippen molar-refractivity contribution in [2.45, 2.75) is 31.1 Å². The fraction of sp³-hybridized carbons (Fsp3) is 0.213. The van der Waals surface area contributed by atoms with Crippen LogP contribution in [-0.4, -0.2) is 40.3 Å². The number of anilines is 2. The lowest BCUT2D eigenvalue weighted by Crippen LogP contribution is -2.53. The molecule has 6 aromatic rings. The van der Waals surface area contributed by atoms with E-state index in [-0.39, 0.29) is 42.8 Å². The summed E-state index contributed by atoms with van der Waals surface area (Å²) < 4.78 is 11.8. The Labute approximate surface area is 338 Å². The lowest BCUT2D eigenvalue weighted by Gasteiger charge is -2.50. The van der Waals surface area contributed by atoms with Crippen molar-refractivity contribution in [2.24, 2.45) is 23.7 Å². The molecule has 3 fully saturated rings. The van der Waals surface area contributed by atoms with Gasteiger partial charge in [-0.15, -0.1) is 0 Å². The predicted molar refractivity (Wildman–Crippen MR) is 217 cm³/mol. The summed E-state index contributed by atoms with van der Waals surface area (Å²) in [5.41, 5.74) is 3.48. The van der Waals surface area contributed by atoms with Crippen molar-refractivity contribution >= 4 is 57.7 Å². The van der Waals surface area contributed by atoms with Crippen molar-refractivity contribution in [3.05, 3.63) is 149 Å². The number of halogens is 1. The standard InChI is InChI=1S/C47H36ClN3O7/c1-2-57-39-23-27(17-22-37(39)52)41-32-20-21-33-40(45(55)50(43(33)53)30-18-15-26(16-19-30)42-49-36-13-6-7-14-38(36)58-42)34(32)25-35-44(54)51(31-12-8-11-29(48)24-31)46(56)47(35,41)28-9-4-3-5-10-28/h3-20,22-24,33-35,40-41,52H,2,21,25H2,1H3/t33-,34+,35-,40-,41-,47+/m0/s1. The van der Waals surface area contributed by atoms with Gasteiger partial charge in [0.15, 0.2) is 17.1 Å². The second kappa shape index (κ2) is 13.6. The molecule has 288 valence electrons. The SMILES string of the molecule is CCOc1cc([C@H]2C3=CC[C@@H]4C(=O)N(c5ccc(-c6nc7ccccc7o6)cc5)C(=O)[C@@H]4[C@@H]3C[C@H]3C(=O)N(c4cccc(Cl)c4)C(=O)[C@@]23c2ccccc2)ccc1O. The molecule has 4 aliphatic rings. The zero-order valence-electron chi connectivity index (χ0n) is 31.2. The van der Waals surface area contributed by atoms with E-state index in [1.54, 1.807) is 60.7 Å². The average molecular weight is 790 g/mol. The number of fused-ring (bicyclic) bond motifs is 5. The molecule has 3 heterocycles. The molecule has 10 rings (SSSR count). The fourth-order valence-electron chi connectivity index (χ4n) is 10.1. The number of benzene rings is 5. The third-order valence-corrected chi connectivity index (χ3v) is 12.7. The van der Waals surface area contributed by atoms with Crippen molar-refractivity contribution in [1.82, 2.24) is 4.98 Å². The maximum atomic E-state index is 15.5. The molecule has 58 heavy (non-hydrogen) atoms. The number of allylic oxidation sites excluding steroid dienone is 2. The van der Waals surface area contributed by atoms with Gasteiger partial charge in [-0.05, 0) is 104 Å². The molecule has 2 aliphatic carbocycles. The number of carbonyl (C=O) groups is 4. The smallest absolute Gasteiger partial charge is 0.246 e. The summed E-state index contributed by atoms with van der Waals surface area (Å²) in [5.74, 6) is -4.60. The second-order valence-corrected chi connectivity index (χ2v) is 15.7. The van der Waals surface area contributed by atoms with Crippen molar-refractivity contribution in [2.75, 3.05) is 16.4 Å². The van der Waals surface area contributed by atoms with Crippen LogP contribution in [0.5, 0.6) is 11.5 Å². The third-order valence-electron chi connectivity index (χ3n) is 12.5. The molecular weight excluding hydrogens is 754 g/mol. The van der Waals surface area contributed by atoms with Crippen LogP contribution in [0.15, 0.2) is 137 Å². The number of imide groups is 2. The van der Waals surface area contributed by atoms with Crippen LogP contribution in [0.4, 0.5) is 11.4 Å². The van der Waals surface area contributed by atoms with E-state index in [2.05, 4.69) is 4.98 Å². The summed E-state index contributed by atoms with van der Waals surface area (Å²) >= 11 is 6.44. The molecule has 0 radical (unpaired) electrons. The number of ether oxygens (including phenoxy) is 1. The van der Waals surface area contributed by atoms with E-state index in [9.17, 15) is 14.7 Å². The number of aromatic nitrogens is 1. The van der Waals surface area contributed by atoms with Crippen LogP contribution in [0.2, 0.25) is 5.02 Å². The molecule has 0 unspecified atom stereocenters. The zero-order valence-corrected chi connectivity index (χ0v) is 32.0. The second-order valence-electron chi connectivity index (χ2n) is 15.3. The van der Waals surface area contributed by atoms with Crippen LogP contribution >= 0.6 is 11.6 Å². The van der Waals surface area contributed by atoms with Gasteiger partial charge < -0.3 is 14.3 Å². The number of hydrogen-bond acceptors (Lipinski definition) is 8. The minimum atomic E-state index is -1.46. The number of oxazole rings is 1. The van der Waals surface area contributed by atoms with Gasteiger partial charge >= 0.3 is 0 Å². The van der Waals surface area contributed by atoms with Crippen LogP contribution in [-0.2, 0) is 24.6 Å². The minimum Gasteiger partial charge on any atom is -0.504 e. The Morgan fingerprint density at radius 3 is 2.34 bits per heavy atom. The minimum absolute atomic E-state index is 0.0651. The zero-order chi connectivity index (χ0) is 39.9. The Hall–Kier alpha value is -6.52. The molecule has 11 heteroatoms. The molecule has 1 aromatic heterocycles. The van der Waals surface area contributed by atoms with E-state index in [0.29, 0.717) is 44.6 Å². The van der Waals surface area contributed by atoms with Gasteiger partial charge in [-0.2, -0.15) is 0 Å². The third kappa shape index (κ3) is 5.20. The van der Waals surface area contributed by atoms with Crippen LogP contribution in [0.1, 0.15) is 36.8 Å². The van der Waals surface area contributed by atoms with Crippen LogP contribution in [0.25, 0.3) is 22.6 Å². The number of rotatable bonds is 7. The maximum Gasteiger partial charge on any atom is 0.246 e. The molecule has 0 bridgehead atoms. The van der Waals surface area contributed by atoms with Gasteiger partial charge in [0.2, 0.25) is 29.5 Å². The van der Waals surface area contributed by atoms with Gasteiger partial charge in [0, 0.05) is 16.5 Å². The van der Waals surface area contributed by atoms with E-state index in [1.807, 2.05) is 67.6 Å². The number of aromatic hydroxyl groups is 1. The Balaban J connectivity index is 1.10. The quantitative estimate of drug-likeness (QED) is 0.126. The Morgan fingerprint density at radius 1 is 0.810 bits per heavy atom. The fourth-order valence-corrected chi connectivity index (χ4v) is 10.3. The highest BCUT2D eigenvalue weighted by Crippen LogP contribution is 2.65. The molecule has 0 spiro atoms. The normalized spacial score (nSPS) is 25.1. The van der Waals surface area contributed by atoms with E-state index < -0.39 is 46.8 Å². The molecule has 6 atom stereocenters. The average Bonchev–Trinajstić information content (AvgIpc) is 3.86. The topological polar surface area (TPSA) is 130 Å². The molecule has 2 aliphatic heterocycles. The predicted octanol–water partition coefficient (Wildman–Crippen LogP) is 8.62. The lowest BCUT2D eigenvalue weighted by atomic mass is 9.49. The number of carbonyl (C=O) groups excluding carboxylic acids is 4. The van der Waals surface area contributed by atoms with Gasteiger partial charge in [-0.3, -0.25) is 24.1 Å². The molecule has 10 nitrogen and oxygen atoms in total. The maximum absolute atomic E-state index is 15.5. The highest BCUT2D eigenvalue weighted by atomic mass is 35.5. The molecule has 2 saturated heterocycles. The van der Waals surface area contributed by atoms with Gasteiger partial charge in [-0.1, -0.05) is 77.8 Å². The summed E-state index contributed by atoms with van der Waals surface area (Å²) in [5, 5.41) is 11.2. The molecular formula is C47H36ClN3O7. The van der Waals surface area contributed by atoms with E-state index in [0.717, 1.165) is 11.1 Å². The van der Waals surface area contributed by atoms with Crippen molar-refractivity contribution in [3.63, 3.8) is 0 Å². The summed E-state index contributed by atoms with van der Waals surface area (Å²) in [4.78, 5) is 66.8. The first-order valence-corrected chi connectivity index (χ1v) is 19.8. The van der Waals surface area contributed by atoms with Gasteiger partial charge in [0.1, 0.15) is 5.52 Å². The van der Waals surface area contributed by atoms with Crippen LogP contribution in [0, 0.1) is 23.7 Å². The summed E-state index contributed by atoms with van der Waals surface area (Å²) in [6.45, 7) is 2.10. The molecule has 1 saturated carbocycles. The van der Waals surface area contributed by atoms with Crippen LogP contribution in [0.3, 0.4) is 0 Å². The van der Waals surface area contributed by atoms with Gasteiger partial charge in [-0.25, -0.2) is 9.88 Å². The van der Waals surface area contributed by atoms with Crippen LogP contribution < -0.4 is 14.5 Å². The van der Waals surface area contributed by atoms with E-state index >= 15 is 9.59 Å². The molecule has 5 aromatic carbocycles. The monoisotopic (exact) mass is 789 g/mol. The number of phenolic OH excluding ortho intramolecular Hbond substituents is 1. The Morgan fingerprint density at radius 2 is 1.59 bits per heavy atom. The highest BCUT2D eigenvalue weighted by molar-refractivity contribution is 6.32. The van der Waals surface area contributed by atoms with Gasteiger partial charge in [0.05, 0.1) is 41.2 Å². The number of para-hydroxylation sites is 2. The lowest BCUT2D eigenvalue weighted by molar-refractivity contribution is -0.127.